The maximum atomic E-state index is 12.9. The van der Waals surface area contributed by atoms with E-state index in [0.29, 0.717) is 6.54 Å². The highest BCUT2D eigenvalue weighted by Gasteiger charge is 2.25. The molecule has 0 fully saturated rings. The molecule has 0 aliphatic carbocycles. The molecule has 0 saturated heterocycles. The van der Waals surface area contributed by atoms with Gasteiger partial charge in [0.1, 0.15) is 0 Å². The van der Waals surface area contributed by atoms with E-state index in [1.165, 1.54) is 9.87 Å². The van der Waals surface area contributed by atoms with Crippen LogP contribution < -0.4 is 4.31 Å². The van der Waals surface area contributed by atoms with Crippen LogP contribution in [0.4, 0.5) is 5.69 Å². The van der Waals surface area contributed by atoms with Crippen molar-refractivity contribution in [2.45, 2.75) is 32.1 Å². The Kier molecular flexibility index (Phi) is 6.13. The van der Waals surface area contributed by atoms with Crippen molar-refractivity contribution in [3.63, 3.8) is 0 Å². The highest BCUT2D eigenvalue weighted by molar-refractivity contribution is 8.72. The maximum Gasteiger partial charge on any atom is 0.293 e. The number of anilines is 1. The van der Waals surface area contributed by atoms with Crippen LogP contribution >= 0.6 is 10.8 Å². The topological polar surface area (TPSA) is 37.4 Å². The van der Waals surface area contributed by atoms with E-state index >= 15 is 0 Å². The first kappa shape index (κ1) is 17.9. The fraction of sp³-hybridized carbons (Fsp3) is 0.333. The van der Waals surface area contributed by atoms with Gasteiger partial charge in [0, 0.05) is 22.2 Å². The average molecular weight is 350 g/mol. The molecule has 23 heavy (non-hydrogen) atoms. The van der Waals surface area contributed by atoms with Gasteiger partial charge in [0.25, 0.3) is 9.06 Å². The lowest BCUT2D eigenvalue weighted by Crippen LogP contribution is -2.32. The summed E-state index contributed by atoms with van der Waals surface area (Å²) in [7, 11) is -2.59. The van der Waals surface area contributed by atoms with E-state index in [1.807, 2.05) is 68.4 Å². The number of aryl methyl sites for hydroxylation is 1. The average Bonchev–Trinajstić information content (AvgIpc) is 2.53. The summed E-state index contributed by atoms with van der Waals surface area (Å²) < 4.78 is 27.3. The second-order valence-electron chi connectivity index (χ2n) is 5.80. The Hall–Kier alpha value is -1.46. The van der Waals surface area contributed by atoms with Crippen molar-refractivity contribution in [3.8, 4) is 0 Å². The minimum atomic E-state index is -3.49. The predicted molar refractivity (Wildman–Crippen MR) is 99.2 cm³/mol. The van der Waals surface area contributed by atoms with Crippen LogP contribution in [0.25, 0.3) is 0 Å². The largest absolute Gasteiger partial charge is 0.293 e. The molecule has 0 spiro atoms. The third kappa shape index (κ3) is 5.01. The van der Waals surface area contributed by atoms with Gasteiger partial charge in [-0.3, -0.25) is 4.31 Å². The summed E-state index contributed by atoms with van der Waals surface area (Å²) in [6, 6.07) is 17.0. The molecule has 0 aromatic heterocycles. The first-order valence-electron chi connectivity index (χ1n) is 7.78. The number of hydrogen-bond acceptors (Lipinski definition) is 3. The molecule has 2 aromatic carbocycles. The quantitative estimate of drug-likeness (QED) is 0.677. The van der Waals surface area contributed by atoms with E-state index in [1.54, 1.807) is 0 Å². The van der Waals surface area contributed by atoms with Gasteiger partial charge in [0.05, 0.1) is 5.69 Å². The van der Waals surface area contributed by atoms with Gasteiger partial charge in [0.15, 0.2) is 0 Å². The highest BCUT2D eigenvalue weighted by Crippen LogP contribution is 2.32. The van der Waals surface area contributed by atoms with E-state index in [2.05, 4.69) is 6.92 Å². The lowest BCUT2D eigenvalue weighted by molar-refractivity contribution is 0.591. The van der Waals surface area contributed by atoms with Gasteiger partial charge in [-0.1, -0.05) is 51.1 Å². The molecule has 0 amide bonds. The summed E-state index contributed by atoms with van der Waals surface area (Å²) >= 11 is 0. The molecule has 2 aromatic rings. The van der Waals surface area contributed by atoms with Crippen LogP contribution in [-0.4, -0.2) is 15.0 Å². The van der Waals surface area contributed by atoms with Crippen LogP contribution in [0, 0.1) is 5.92 Å². The molecule has 0 heterocycles. The molecule has 0 radical (unpaired) electrons. The fourth-order valence-electron chi connectivity index (χ4n) is 2.20. The Morgan fingerprint density at radius 2 is 1.61 bits per heavy atom. The Morgan fingerprint density at radius 3 is 2.13 bits per heavy atom. The van der Waals surface area contributed by atoms with E-state index < -0.39 is 9.06 Å². The zero-order valence-electron chi connectivity index (χ0n) is 13.8. The fourth-order valence-corrected chi connectivity index (χ4v) is 5.43. The Balaban J connectivity index is 2.32. The van der Waals surface area contributed by atoms with Crippen LogP contribution in [0.15, 0.2) is 59.5 Å². The normalized spacial score (nSPS) is 11.7. The van der Waals surface area contributed by atoms with Crippen molar-refractivity contribution in [1.29, 1.82) is 0 Å². The van der Waals surface area contributed by atoms with Crippen LogP contribution in [-0.2, 0) is 15.5 Å². The van der Waals surface area contributed by atoms with Crippen molar-refractivity contribution in [2.24, 2.45) is 5.92 Å². The molecule has 0 saturated carbocycles. The van der Waals surface area contributed by atoms with Gasteiger partial charge in [-0.05, 0) is 42.2 Å². The molecule has 0 atom stereocenters. The van der Waals surface area contributed by atoms with Crippen molar-refractivity contribution < 1.29 is 8.42 Å². The molecule has 124 valence electrons. The summed E-state index contributed by atoms with van der Waals surface area (Å²) in [5.41, 5.74) is 1.92. The molecule has 0 N–H and O–H groups in total. The Morgan fingerprint density at radius 1 is 1.00 bits per heavy atom. The molecule has 2 rings (SSSR count). The number of hydrogen-bond donors (Lipinski definition) is 0. The van der Waals surface area contributed by atoms with Crippen molar-refractivity contribution in [1.82, 2.24) is 0 Å². The molecule has 5 heteroatoms. The lowest BCUT2D eigenvalue weighted by Gasteiger charge is -2.25. The summed E-state index contributed by atoms with van der Waals surface area (Å²) in [5.74, 6) is 0.243. The van der Waals surface area contributed by atoms with Gasteiger partial charge in [-0.15, -0.1) is 0 Å². The number of nitrogens with zero attached hydrogens (tertiary/aromatic N) is 1. The second kappa shape index (κ2) is 7.88. The van der Waals surface area contributed by atoms with Crippen molar-refractivity contribution in [3.05, 3.63) is 60.2 Å². The van der Waals surface area contributed by atoms with Crippen molar-refractivity contribution in [2.75, 3.05) is 10.8 Å². The summed E-state index contributed by atoms with van der Waals surface area (Å²) in [6.45, 7) is 6.60. The first-order chi connectivity index (χ1) is 10.9. The monoisotopic (exact) mass is 349 g/mol. The van der Waals surface area contributed by atoms with Crippen LogP contribution in [0.5, 0.6) is 0 Å². The van der Waals surface area contributed by atoms with Crippen molar-refractivity contribution >= 4 is 25.5 Å². The third-order valence-corrected chi connectivity index (χ3v) is 6.70. The minimum Gasteiger partial charge on any atom is -0.261 e. The van der Waals surface area contributed by atoms with E-state index in [4.69, 9.17) is 0 Å². The summed E-state index contributed by atoms with van der Waals surface area (Å²) in [5, 5.41) is 0. The van der Waals surface area contributed by atoms with Crippen LogP contribution in [0.3, 0.4) is 0 Å². The number of benzene rings is 2. The maximum absolute atomic E-state index is 12.9. The first-order valence-corrected chi connectivity index (χ1v) is 10.6. The van der Waals surface area contributed by atoms with E-state index in [0.717, 1.165) is 27.8 Å². The number of rotatable bonds is 7. The smallest absolute Gasteiger partial charge is 0.261 e. The molecule has 0 bridgehead atoms. The zero-order chi connectivity index (χ0) is 16.9. The summed E-state index contributed by atoms with van der Waals surface area (Å²) in [6.07, 6.45) is 0.940. The standard InChI is InChI=1S/C18H23NO2S2/c1-4-16-10-12-17(13-11-16)19(14-15(2)3)23(20,21)22-18-8-6-5-7-9-18/h5-13,15H,4,14H2,1-3H3. The van der Waals surface area contributed by atoms with Gasteiger partial charge in [-0.25, -0.2) is 0 Å². The van der Waals surface area contributed by atoms with Gasteiger partial charge < -0.3 is 0 Å². The third-order valence-electron chi connectivity index (χ3n) is 3.38. The van der Waals surface area contributed by atoms with Gasteiger partial charge >= 0.3 is 0 Å². The molecule has 0 unspecified atom stereocenters. The second-order valence-corrected chi connectivity index (χ2v) is 9.50. The molecule has 3 nitrogen and oxygen atoms in total. The van der Waals surface area contributed by atoms with Gasteiger partial charge in [0.2, 0.25) is 0 Å². The predicted octanol–water partition coefficient (Wildman–Crippen LogP) is 4.75. The van der Waals surface area contributed by atoms with Gasteiger partial charge in [-0.2, -0.15) is 8.42 Å². The summed E-state index contributed by atoms with van der Waals surface area (Å²) in [4.78, 5) is 0.728. The van der Waals surface area contributed by atoms with E-state index in [9.17, 15) is 8.42 Å². The molecular formula is C18H23NO2S2. The SMILES string of the molecule is CCc1ccc(N(CC(C)C)S(=O)(=O)Sc2ccccc2)cc1. The zero-order valence-corrected chi connectivity index (χ0v) is 15.4. The highest BCUT2D eigenvalue weighted by atomic mass is 33.1. The molecule has 0 aliphatic heterocycles. The van der Waals surface area contributed by atoms with Crippen LogP contribution in [0.2, 0.25) is 0 Å². The van der Waals surface area contributed by atoms with E-state index in [-0.39, 0.29) is 5.92 Å². The molecular weight excluding hydrogens is 326 g/mol. The Labute approximate surface area is 143 Å². The molecule has 0 aliphatic rings. The lowest BCUT2D eigenvalue weighted by atomic mass is 10.1. The minimum absolute atomic E-state index is 0.243. The van der Waals surface area contributed by atoms with Crippen LogP contribution in [0.1, 0.15) is 26.3 Å². The Bertz CT molecular complexity index is 710.